The van der Waals surface area contributed by atoms with Crippen LogP contribution in [0.15, 0.2) is 47.6 Å². The molecule has 7 heteroatoms. The van der Waals surface area contributed by atoms with E-state index in [0.717, 1.165) is 35.9 Å². The molecule has 5 nitrogen and oxygen atoms in total. The fourth-order valence-electron chi connectivity index (χ4n) is 3.25. The average molecular weight is 498 g/mol. The zero-order chi connectivity index (χ0) is 19.2. The van der Waals surface area contributed by atoms with Gasteiger partial charge in [-0.1, -0.05) is 18.2 Å². The van der Waals surface area contributed by atoms with Gasteiger partial charge in [0, 0.05) is 19.3 Å². The second-order valence-corrected chi connectivity index (χ2v) is 6.83. The lowest BCUT2D eigenvalue weighted by atomic mass is 10.1. The normalized spacial score (nSPS) is 19.9. The van der Waals surface area contributed by atoms with Crippen molar-refractivity contribution in [2.75, 3.05) is 19.6 Å². The van der Waals surface area contributed by atoms with Crippen LogP contribution in [0.25, 0.3) is 0 Å². The molecule has 28 heavy (non-hydrogen) atoms. The maximum absolute atomic E-state index is 13.2. The van der Waals surface area contributed by atoms with E-state index in [4.69, 9.17) is 9.73 Å². The van der Waals surface area contributed by atoms with Crippen LogP contribution >= 0.6 is 24.0 Å². The molecule has 0 aliphatic carbocycles. The number of pyridine rings is 1. The summed E-state index contributed by atoms with van der Waals surface area (Å²) in [7, 11) is 0. The summed E-state index contributed by atoms with van der Waals surface area (Å²) in [6.45, 7) is 8.90. The molecular weight excluding hydrogens is 470 g/mol. The smallest absolute Gasteiger partial charge is 0.194 e. The molecule has 2 heterocycles. The summed E-state index contributed by atoms with van der Waals surface area (Å²) in [5, 5.41) is 3.38. The number of nitrogens with one attached hydrogen (secondary N) is 1. The second kappa shape index (κ2) is 10.7. The van der Waals surface area contributed by atoms with Crippen molar-refractivity contribution in [3.05, 3.63) is 65.2 Å². The Balaban J connectivity index is 0.00000280. The number of aromatic nitrogens is 1. The van der Waals surface area contributed by atoms with E-state index in [0.29, 0.717) is 13.1 Å². The van der Waals surface area contributed by atoms with Crippen LogP contribution in [-0.2, 0) is 11.3 Å². The molecule has 0 amide bonds. The Morgan fingerprint density at radius 1 is 1.29 bits per heavy atom. The van der Waals surface area contributed by atoms with E-state index in [1.54, 1.807) is 18.3 Å². The minimum Gasteiger partial charge on any atom is -0.367 e. The van der Waals surface area contributed by atoms with Crippen molar-refractivity contribution in [1.82, 2.24) is 15.2 Å². The standard InChI is InChI=1S/C21H27FN4O.HI/c1-4-23-21(25-12-19-15(2)6-5-11-24-19)26-13-16(3)27-20(14-26)17-7-9-18(22)10-8-17;/h5-11,16,20H,4,12-14H2,1-3H3,(H,23,25);1H. The summed E-state index contributed by atoms with van der Waals surface area (Å²) in [5.74, 6) is 0.616. The molecule has 1 aliphatic rings. The van der Waals surface area contributed by atoms with Gasteiger partial charge in [-0.25, -0.2) is 9.38 Å². The quantitative estimate of drug-likeness (QED) is 0.392. The van der Waals surface area contributed by atoms with Crippen molar-refractivity contribution < 1.29 is 9.13 Å². The second-order valence-electron chi connectivity index (χ2n) is 6.83. The largest absolute Gasteiger partial charge is 0.367 e. The third kappa shape index (κ3) is 5.88. The van der Waals surface area contributed by atoms with Gasteiger partial charge in [0.05, 0.1) is 24.9 Å². The highest BCUT2D eigenvalue weighted by Crippen LogP contribution is 2.25. The average Bonchev–Trinajstić information content (AvgIpc) is 2.66. The predicted octanol–water partition coefficient (Wildman–Crippen LogP) is 4.07. The number of rotatable bonds is 4. The Labute approximate surface area is 183 Å². The number of morpholine rings is 1. The molecule has 1 aromatic heterocycles. The number of aryl methyl sites for hydroxylation is 1. The van der Waals surface area contributed by atoms with Gasteiger partial charge in [0.25, 0.3) is 0 Å². The van der Waals surface area contributed by atoms with E-state index < -0.39 is 0 Å². The van der Waals surface area contributed by atoms with Crippen LogP contribution in [-0.4, -0.2) is 41.6 Å². The van der Waals surface area contributed by atoms with Crippen LogP contribution in [0, 0.1) is 12.7 Å². The number of aliphatic imine (C=N–C) groups is 1. The van der Waals surface area contributed by atoms with Crippen LogP contribution in [0.4, 0.5) is 4.39 Å². The highest BCUT2D eigenvalue weighted by molar-refractivity contribution is 14.0. The molecule has 0 bridgehead atoms. The molecule has 1 fully saturated rings. The summed E-state index contributed by atoms with van der Waals surface area (Å²) in [5.41, 5.74) is 3.09. The molecule has 152 valence electrons. The molecule has 1 aliphatic heterocycles. The van der Waals surface area contributed by atoms with Crippen molar-refractivity contribution in [2.45, 2.75) is 39.5 Å². The Morgan fingerprint density at radius 2 is 2.04 bits per heavy atom. The third-order valence-corrected chi connectivity index (χ3v) is 4.63. The monoisotopic (exact) mass is 498 g/mol. The van der Waals surface area contributed by atoms with Gasteiger partial charge in [-0.15, -0.1) is 24.0 Å². The molecule has 3 rings (SSSR count). The lowest BCUT2D eigenvalue weighted by Gasteiger charge is -2.38. The van der Waals surface area contributed by atoms with E-state index in [-0.39, 0.29) is 42.0 Å². The van der Waals surface area contributed by atoms with Crippen LogP contribution < -0.4 is 5.32 Å². The van der Waals surface area contributed by atoms with Gasteiger partial charge >= 0.3 is 0 Å². The molecular formula is C21H28FIN4O. The minimum absolute atomic E-state index is 0. The summed E-state index contributed by atoms with van der Waals surface area (Å²) in [4.78, 5) is 11.4. The van der Waals surface area contributed by atoms with Gasteiger partial charge in [-0.2, -0.15) is 0 Å². The first-order chi connectivity index (χ1) is 13.1. The summed E-state index contributed by atoms with van der Waals surface area (Å²) in [6, 6.07) is 10.5. The number of guanidine groups is 1. The highest BCUT2D eigenvalue weighted by atomic mass is 127. The molecule has 0 radical (unpaired) electrons. The van der Waals surface area contributed by atoms with E-state index in [9.17, 15) is 4.39 Å². The minimum atomic E-state index is -0.236. The van der Waals surface area contributed by atoms with Crippen LogP contribution in [0.5, 0.6) is 0 Å². The molecule has 2 unspecified atom stereocenters. The zero-order valence-corrected chi connectivity index (χ0v) is 18.9. The fourth-order valence-corrected chi connectivity index (χ4v) is 3.25. The molecule has 1 saturated heterocycles. The Kier molecular flexibility index (Phi) is 8.62. The maximum Gasteiger partial charge on any atom is 0.194 e. The number of halogens is 2. The first-order valence-corrected chi connectivity index (χ1v) is 9.41. The number of ether oxygens (including phenoxy) is 1. The zero-order valence-electron chi connectivity index (χ0n) is 16.6. The fraction of sp³-hybridized carbons (Fsp3) is 0.429. The summed E-state index contributed by atoms with van der Waals surface area (Å²) < 4.78 is 19.3. The summed E-state index contributed by atoms with van der Waals surface area (Å²) in [6.07, 6.45) is 1.73. The highest BCUT2D eigenvalue weighted by Gasteiger charge is 2.28. The molecule has 0 saturated carbocycles. The van der Waals surface area contributed by atoms with Crippen LogP contribution in [0.1, 0.15) is 36.8 Å². The first kappa shape index (κ1) is 22.5. The SMILES string of the molecule is CCNC(=NCc1ncccc1C)N1CC(C)OC(c2ccc(F)cc2)C1.I. The van der Waals surface area contributed by atoms with Gasteiger partial charge in [0.15, 0.2) is 5.96 Å². The number of hydrogen-bond donors (Lipinski definition) is 1. The molecule has 0 spiro atoms. The van der Waals surface area contributed by atoms with Crippen LogP contribution in [0.3, 0.4) is 0 Å². The van der Waals surface area contributed by atoms with Gasteiger partial charge < -0.3 is 15.0 Å². The molecule has 2 aromatic rings. The van der Waals surface area contributed by atoms with Gasteiger partial charge in [-0.05, 0) is 50.1 Å². The topological polar surface area (TPSA) is 49.8 Å². The van der Waals surface area contributed by atoms with Gasteiger partial charge in [0.1, 0.15) is 11.9 Å². The number of hydrogen-bond acceptors (Lipinski definition) is 3. The van der Waals surface area contributed by atoms with Crippen molar-refractivity contribution in [1.29, 1.82) is 0 Å². The Bertz CT molecular complexity index is 784. The van der Waals surface area contributed by atoms with Crippen molar-refractivity contribution >= 4 is 29.9 Å². The predicted molar refractivity (Wildman–Crippen MR) is 120 cm³/mol. The Morgan fingerprint density at radius 3 is 2.71 bits per heavy atom. The van der Waals surface area contributed by atoms with Gasteiger partial charge in [0.2, 0.25) is 0 Å². The van der Waals surface area contributed by atoms with E-state index in [2.05, 4.69) is 29.0 Å². The molecule has 2 atom stereocenters. The van der Waals surface area contributed by atoms with E-state index >= 15 is 0 Å². The lowest BCUT2D eigenvalue weighted by molar-refractivity contribution is -0.0605. The first-order valence-electron chi connectivity index (χ1n) is 9.41. The lowest BCUT2D eigenvalue weighted by Crippen LogP contribution is -2.50. The van der Waals surface area contributed by atoms with E-state index in [1.807, 2.05) is 19.1 Å². The van der Waals surface area contributed by atoms with Crippen molar-refractivity contribution in [2.24, 2.45) is 4.99 Å². The number of nitrogens with zero attached hydrogens (tertiary/aromatic N) is 3. The van der Waals surface area contributed by atoms with Gasteiger partial charge in [-0.3, -0.25) is 4.98 Å². The van der Waals surface area contributed by atoms with E-state index in [1.165, 1.54) is 12.1 Å². The maximum atomic E-state index is 13.2. The third-order valence-electron chi connectivity index (χ3n) is 4.63. The molecule has 1 aromatic carbocycles. The van der Waals surface area contributed by atoms with Crippen molar-refractivity contribution in [3.63, 3.8) is 0 Å². The number of benzene rings is 1. The molecule has 1 N–H and O–H groups in total. The Hall–Kier alpha value is -1.74. The summed E-state index contributed by atoms with van der Waals surface area (Å²) >= 11 is 0. The van der Waals surface area contributed by atoms with Crippen LogP contribution in [0.2, 0.25) is 0 Å². The van der Waals surface area contributed by atoms with Crippen molar-refractivity contribution in [3.8, 4) is 0 Å².